The Morgan fingerprint density at radius 2 is 0.794 bits per heavy atom. The normalized spacial score (nSPS) is 12.0. The fraction of sp³-hybridized carbons (Fsp3) is 0.143. The molecule has 0 aliphatic carbocycles. The van der Waals surface area contributed by atoms with Crippen molar-refractivity contribution in [3.05, 3.63) is 97.1 Å². The van der Waals surface area contributed by atoms with Gasteiger partial charge in [-0.25, -0.2) is 0 Å². The van der Waals surface area contributed by atoms with Gasteiger partial charge in [0.05, 0.1) is 13.2 Å². The molecule has 34 heavy (non-hydrogen) atoms. The van der Waals surface area contributed by atoms with Crippen molar-refractivity contribution < 1.29 is 13.6 Å². The van der Waals surface area contributed by atoms with E-state index < -0.39 is 8.25 Å². The maximum absolute atomic E-state index is 12.5. The second-order valence-electron chi connectivity index (χ2n) is 8.32. The molecule has 0 saturated heterocycles. The van der Waals surface area contributed by atoms with Gasteiger partial charge in [-0.3, -0.25) is 4.57 Å². The Labute approximate surface area is 198 Å². The van der Waals surface area contributed by atoms with Crippen LogP contribution in [0.3, 0.4) is 0 Å². The van der Waals surface area contributed by atoms with Gasteiger partial charge >= 0.3 is 8.25 Å². The Balaban J connectivity index is 1.11. The van der Waals surface area contributed by atoms with Crippen molar-refractivity contribution in [3.8, 4) is 0 Å². The van der Waals surface area contributed by atoms with E-state index in [1.54, 1.807) is 0 Å². The molecule has 6 heteroatoms. The molecule has 0 amide bonds. The maximum Gasteiger partial charge on any atom is 0.319 e. The first-order valence-electron chi connectivity index (χ1n) is 11.5. The van der Waals surface area contributed by atoms with E-state index in [1.165, 1.54) is 21.5 Å². The molecule has 0 atom stereocenters. The van der Waals surface area contributed by atoms with Crippen LogP contribution in [0, 0.1) is 0 Å². The van der Waals surface area contributed by atoms with E-state index in [0.717, 1.165) is 22.1 Å². The molecule has 0 saturated carbocycles. The highest BCUT2D eigenvalue weighted by molar-refractivity contribution is 7.33. The molecule has 0 spiro atoms. The van der Waals surface area contributed by atoms with Crippen molar-refractivity contribution in [2.45, 2.75) is 13.1 Å². The molecular weight excluding hydrogens is 443 g/mol. The summed E-state index contributed by atoms with van der Waals surface area (Å²) in [4.78, 5) is 0. The van der Waals surface area contributed by atoms with E-state index in [-0.39, 0.29) is 0 Å². The molecule has 2 aromatic heterocycles. The van der Waals surface area contributed by atoms with Gasteiger partial charge in [0.2, 0.25) is 0 Å². The summed E-state index contributed by atoms with van der Waals surface area (Å²) in [6.07, 6.45) is 0. The molecule has 0 radical (unpaired) electrons. The Bertz CT molecular complexity index is 1420. The predicted molar refractivity (Wildman–Crippen MR) is 140 cm³/mol. The van der Waals surface area contributed by atoms with Crippen molar-refractivity contribution in [2.24, 2.45) is 0 Å². The van der Waals surface area contributed by atoms with Gasteiger partial charge in [0, 0.05) is 56.7 Å². The van der Waals surface area contributed by atoms with Crippen molar-refractivity contribution in [1.29, 1.82) is 0 Å². The van der Waals surface area contributed by atoms with Crippen LogP contribution in [0.2, 0.25) is 0 Å². The van der Waals surface area contributed by atoms with Crippen LogP contribution < -0.4 is 0 Å². The maximum atomic E-state index is 12.5. The van der Waals surface area contributed by atoms with Crippen LogP contribution in [-0.2, 0) is 26.7 Å². The summed E-state index contributed by atoms with van der Waals surface area (Å²) < 4.78 is 28.1. The molecule has 0 bridgehead atoms. The quantitative estimate of drug-likeness (QED) is 0.225. The van der Waals surface area contributed by atoms with Crippen molar-refractivity contribution in [3.63, 3.8) is 0 Å². The molecule has 0 N–H and O–H groups in total. The van der Waals surface area contributed by atoms with Gasteiger partial charge in [-0.15, -0.1) is 0 Å². The molecule has 4 aromatic carbocycles. The monoisotopic (exact) mass is 468 g/mol. The first kappa shape index (κ1) is 21.2. The fourth-order valence-corrected chi connectivity index (χ4v) is 5.57. The topological polar surface area (TPSA) is 45.4 Å². The fourth-order valence-electron chi connectivity index (χ4n) is 4.97. The summed E-state index contributed by atoms with van der Waals surface area (Å²) >= 11 is 0. The Kier molecular flexibility index (Phi) is 5.68. The van der Waals surface area contributed by atoms with Gasteiger partial charge in [0.15, 0.2) is 0 Å². The van der Waals surface area contributed by atoms with E-state index >= 15 is 0 Å². The molecular formula is C28H25N2O3P. The predicted octanol–water partition coefficient (Wildman–Crippen LogP) is 7.03. The SMILES string of the molecule is O=[PH](OCCn1c2ccccc2c2ccccc21)OCCn1c2ccccc2c2ccccc21. The lowest BCUT2D eigenvalue weighted by molar-refractivity contribution is 0.216. The van der Waals surface area contributed by atoms with Gasteiger partial charge in [-0.1, -0.05) is 72.8 Å². The molecule has 0 unspecified atom stereocenters. The highest BCUT2D eigenvalue weighted by atomic mass is 31.1. The van der Waals surface area contributed by atoms with Crippen LogP contribution >= 0.6 is 8.25 Å². The van der Waals surface area contributed by atoms with Gasteiger partial charge in [-0.2, -0.15) is 0 Å². The molecule has 6 rings (SSSR count). The van der Waals surface area contributed by atoms with E-state index in [0.29, 0.717) is 26.3 Å². The number of hydrogen-bond donors (Lipinski definition) is 0. The molecule has 0 aliphatic rings. The lowest BCUT2D eigenvalue weighted by Gasteiger charge is -2.10. The zero-order chi connectivity index (χ0) is 22.9. The van der Waals surface area contributed by atoms with Gasteiger partial charge in [0.25, 0.3) is 0 Å². The first-order chi connectivity index (χ1) is 16.8. The van der Waals surface area contributed by atoms with Gasteiger partial charge in [0.1, 0.15) is 0 Å². The van der Waals surface area contributed by atoms with E-state index in [1.807, 2.05) is 24.3 Å². The van der Waals surface area contributed by atoms with Crippen molar-refractivity contribution in [1.82, 2.24) is 9.13 Å². The number of hydrogen-bond acceptors (Lipinski definition) is 3. The molecule has 5 nitrogen and oxygen atoms in total. The highest BCUT2D eigenvalue weighted by Crippen LogP contribution is 2.31. The third-order valence-corrected chi connectivity index (χ3v) is 7.31. The molecule has 0 aliphatic heterocycles. The average molecular weight is 468 g/mol. The lowest BCUT2D eigenvalue weighted by atomic mass is 10.2. The summed E-state index contributed by atoms with van der Waals surface area (Å²) in [6.45, 7) is 1.88. The van der Waals surface area contributed by atoms with E-state index in [9.17, 15) is 4.57 Å². The van der Waals surface area contributed by atoms with Crippen LogP contribution in [-0.4, -0.2) is 22.3 Å². The zero-order valence-corrected chi connectivity index (χ0v) is 19.7. The van der Waals surface area contributed by atoms with Gasteiger partial charge < -0.3 is 18.2 Å². The summed E-state index contributed by atoms with van der Waals surface area (Å²) in [6, 6.07) is 33.4. The molecule has 170 valence electrons. The molecule has 2 heterocycles. The Morgan fingerprint density at radius 1 is 0.500 bits per heavy atom. The number of para-hydroxylation sites is 4. The first-order valence-corrected chi connectivity index (χ1v) is 12.8. The molecule has 0 fully saturated rings. The second-order valence-corrected chi connectivity index (χ2v) is 9.40. The minimum atomic E-state index is -2.58. The Hall–Kier alpha value is -3.37. The number of rotatable bonds is 8. The number of benzene rings is 4. The zero-order valence-electron chi connectivity index (χ0n) is 18.7. The number of nitrogens with zero attached hydrogens (tertiary/aromatic N) is 2. The summed E-state index contributed by atoms with van der Waals surface area (Å²) in [5, 5.41) is 4.86. The van der Waals surface area contributed by atoms with Crippen LogP contribution in [0.25, 0.3) is 43.6 Å². The Morgan fingerprint density at radius 3 is 1.12 bits per heavy atom. The lowest BCUT2D eigenvalue weighted by Crippen LogP contribution is -2.05. The summed E-state index contributed by atoms with van der Waals surface area (Å²) in [5.74, 6) is 0. The van der Waals surface area contributed by atoms with Crippen LogP contribution in [0.5, 0.6) is 0 Å². The number of fused-ring (bicyclic) bond motifs is 6. The average Bonchev–Trinajstić information content (AvgIpc) is 3.38. The second kappa shape index (κ2) is 9.11. The third kappa shape index (κ3) is 3.72. The van der Waals surface area contributed by atoms with Crippen LogP contribution in [0.1, 0.15) is 0 Å². The summed E-state index contributed by atoms with van der Waals surface area (Å²) in [7, 11) is -2.58. The molecule has 6 aromatic rings. The standard InChI is InChI=1S/C28H25N2O3P/c31-34(32-19-17-29-25-13-5-1-9-21(25)22-10-2-6-14-26(22)29)33-20-18-30-27-15-7-3-11-23(27)24-12-4-8-16-28(24)30/h1-16,34H,17-20H2. The van der Waals surface area contributed by atoms with Crippen LogP contribution in [0.15, 0.2) is 97.1 Å². The minimum Gasteiger partial charge on any atom is -0.338 e. The largest absolute Gasteiger partial charge is 0.338 e. The van der Waals surface area contributed by atoms with Crippen LogP contribution in [0.4, 0.5) is 0 Å². The minimum absolute atomic E-state index is 0.329. The summed E-state index contributed by atoms with van der Waals surface area (Å²) in [5.41, 5.74) is 4.61. The third-order valence-electron chi connectivity index (χ3n) is 6.43. The van der Waals surface area contributed by atoms with E-state index in [4.69, 9.17) is 9.05 Å². The van der Waals surface area contributed by atoms with E-state index in [2.05, 4.69) is 81.9 Å². The smallest absolute Gasteiger partial charge is 0.319 e. The van der Waals surface area contributed by atoms with Crippen molar-refractivity contribution >= 4 is 51.9 Å². The highest BCUT2D eigenvalue weighted by Gasteiger charge is 2.12. The number of aromatic nitrogens is 2. The van der Waals surface area contributed by atoms with Crippen molar-refractivity contribution in [2.75, 3.05) is 13.2 Å². The van der Waals surface area contributed by atoms with Gasteiger partial charge in [-0.05, 0) is 24.3 Å².